The molecular weight excluding hydrogens is 396 g/mol. The molecule has 0 spiro atoms. The van der Waals surface area contributed by atoms with Gasteiger partial charge in [-0.15, -0.1) is 0 Å². The molecule has 0 aromatic heterocycles. The van der Waals surface area contributed by atoms with Crippen LogP contribution in [-0.4, -0.2) is 35.8 Å². The summed E-state index contributed by atoms with van der Waals surface area (Å²) >= 11 is 0. The molecule has 2 amide bonds. The Hall–Kier alpha value is -3.40. The lowest BCUT2D eigenvalue weighted by Crippen LogP contribution is -2.46. The van der Waals surface area contributed by atoms with E-state index in [1.807, 2.05) is 60.4 Å². The zero-order chi connectivity index (χ0) is 22.3. The van der Waals surface area contributed by atoms with E-state index in [1.54, 1.807) is 0 Å². The van der Waals surface area contributed by atoms with Crippen molar-refractivity contribution in [3.05, 3.63) is 107 Å². The molecule has 4 heteroatoms. The normalized spacial score (nSPS) is 14.2. The predicted molar refractivity (Wildman–Crippen MR) is 128 cm³/mol. The van der Waals surface area contributed by atoms with Gasteiger partial charge in [0.15, 0.2) is 0 Å². The molecule has 1 aliphatic heterocycles. The van der Waals surface area contributed by atoms with Gasteiger partial charge < -0.3 is 10.2 Å². The molecule has 0 bridgehead atoms. The summed E-state index contributed by atoms with van der Waals surface area (Å²) in [4.78, 5) is 27.8. The van der Waals surface area contributed by atoms with E-state index in [4.69, 9.17) is 0 Å². The molecule has 4 rings (SSSR count). The van der Waals surface area contributed by atoms with Crippen LogP contribution in [0.4, 0.5) is 0 Å². The van der Waals surface area contributed by atoms with E-state index >= 15 is 0 Å². The summed E-state index contributed by atoms with van der Waals surface area (Å²) in [5.41, 5.74) is 4.87. The topological polar surface area (TPSA) is 49.4 Å². The summed E-state index contributed by atoms with van der Waals surface area (Å²) < 4.78 is 0. The van der Waals surface area contributed by atoms with Crippen molar-refractivity contribution in [2.75, 3.05) is 13.1 Å². The molecular formula is C28H30N2O2. The van der Waals surface area contributed by atoms with E-state index in [1.165, 1.54) is 5.56 Å². The second kappa shape index (κ2) is 10.3. The minimum absolute atomic E-state index is 0.0286. The van der Waals surface area contributed by atoms with Crippen molar-refractivity contribution in [1.29, 1.82) is 0 Å². The maximum atomic E-state index is 13.3. The Morgan fingerprint density at radius 2 is 1.44 bits per heavy atom. The van der Waals surface area contributed by atoms with Crippen molar-refractivity contribution in [1.82, 2.24) is 10.2 Å². The predicted octanol–water partition coefficient (Wildman–Crippen LogP) is 4.81. The van der Waals surface area contributed by atoms with Crippen molar-refractivity contribution in [2.24, 2.45) is 0 Å². The van der Waals surface area contributed by atoms with Crippen molar-refractivity contribution >= 4 is 11.8 Å². The third-order valence-corrected chi connectivity index (χ3v) is 6.28. The van der Waals surface area contributed by atoms with Crippen LogP contribution in [0.15, 0.2) is 78.9 Å². The van der Waals surface area contributed by atoms with E-state index in [2.05, 4.69) is 35.6 Å². The highest BCUT2D eigenvalue weighted by molar-refractivity contribution is 5.96. The number of carbonyl (C=O) groups is 2. The number of amides is 2. The van der Waals surface area contributed by atoms with Crippen LogP contribution in [-0.2, 0) is 12.8 Å². The quantitative estimate of drug-likeness (QED) is 0.615. The molecule has 3 aromatic carbocycles. The minimum atomic E-state index is -0.0286. The second-order valence-electron chi connectivity index (χ2n) is 8.50. The Morgan fingerprint density at radius 1 is 0.812 bits per heavy atom. The number of likely N-dealkylation sites (tertiary alicyclic amines) is 1. The summed E-state index contributed by atoms with van der Waals surface area (Å²) in [5.74, 6) is 0.0662. The zero-order valence-electron chi connectivity index (χ0n) is 18.6. The standard InChI is InChI=1S/C28H30N2O2/c1-21-9-5-7-13-25(21)27(31)29-24-17-19-30(20-18-24)28(32)26-14-8-6-12-23(26)16-15-22-10-3-2-4-11-22/h2-14,24H,15-20H2,1H3,(H,29,31). The molecule has 1 aliphatic rings. The molecule has 1 saturated heterocycles. The number of rotatable bonds is 6. The first-order valence-electron chi connectivity index (χ1n) is 11.4. The monoisotopic (exact) mass is 426 g/mol. The van der Waals surface area contributed by atoms with Crippen molar-refractivity contribution in [3.63, 3.8) is 0 Å². The van der Waals surface area contributed by atoms with Gasteiger partial charge in [0.2, 0.25) is 0 Å². The van der Waals surface area contributed by atoms with Crippen molar-refractivity contribution < 1.29 is 9.59 Å². The van der Waals surface area contributed by atoms with Crippen LogP contribution in [0.1, 0.15) is 50.2 Å². The summed E-state index contributed by atoms with van der Waals surface area (Å²) in [5, 5.41) is 3.15. The number of carbonyl (C=O) groups excluding carboxylic acids is 2. The van der Waals surface area contributed by atoms with E-state index in [9.17, 15) is 9.59 Å². The van der Waals surface area contributed by atoms with E-state index in [-0.39, 0.29) is 17.9 Å². The minimum Gasteiger partial charge on any atom is -0.349 e. The Bertz CT molecular complexity index is 1070. The molecule has 0 saturated carbocycles. The molecule has 1 N–H and O–H groups in total. The Kier molecular flexibility index (Phi) is 7.00. The van der Waals surface area contributed by atoms with Gasteiger partial charge >= 0.3 is 0 Å². The highest BCUT2D eigenvalue weighted by Crippen LogP contribution is 2.19. The molecule has 1 fully saturated rings. The molecule has 0 radical (unpaired) electrons. The first-order chi connectivity index (χ1) is 15.6. The number of hydrogen-bond acceptors (Lipinski definition) is 2. The van der Waals surface area contributed by atoms with Crippen LogP contribution in [0.2, 0.25) is 0 Å². The molecule has 4 nitrogen and oxygen atoms in total. The lowest BCUT2D eigenvalue weighted by atomic mass is 9.97. The molecule has 164 valence electrons. The molecule has 3 aromatic rings. The van der Waals surface area contributed by atoms with Gasteiger partial charge in [0.1, 0.15) is 0 Å². The van der Waals surface area contributed by atoms with Gasteiger partial charge in [0, 0.05) is 30.3 Å². The van der Waals surface area contributed by atoms with Crippen LogP contribution in [0.5, 0.6) is 0 Å². The van der Waals surface area contributed by atoms with E-state index in [0.717, 1.165) is 47.9 Å². The fraction of sp³-hybridized carbons (Fsp3) is 0.286. The number of piperidine rings is 1. The van der Waals surface area contributed by atoms with Gasteiger partial charge in [-0.25, -0.2) is 0 Å². The average Bonchev–Trinajstić information content (AvgIpc) is 2.84. The van der Waals surface area contributed by atoms with Gasteiger partial charge in [0.05, 0.1) is 0 Å². The Labute approximate surface area is 190 Å². The van der Waals surface area contributed by atoms with Crippen LogP contribution >= 0.6 is 0 Å². The van der Waals surface area contributed by atoms with Crippen LogP contribution in [0.3, 0.4) is 0 Å². The van der Waals surface area contributed by atoms with Crippen LogP contribution in [0, 0.1) is 6.92 Å². The smallest absolute Gasteiger partial charge is 0.254 e. The lowest BCUT2D eigenvalue weighted by molar-refractivity contribution is 0.0697. The fourth-order valence-corrected chi connectivity index (χ4v) is 4.36. The summed E-state index contributed by atoms with van der Waals surface area (Å²) in [6.45, 7) is 3.26. The largest absolute Gasteiger partial charge is 0.349 e. The number of hydrogen-bond donors (Lipinski definition) is 1. The molecule has 1 heterocycles. The van der Waals surface area contributed by atoms with Crippen LogP contribution in [0.25, 0.3) is 0 Å². The summed E-state index contributed by atoms with van der Waals surface area (Å²) in [7, 11) is 0. The number of nitrogens with zero attached hydrogens (tertiary/aromatic N) is 1. The molecule has 32 heavy (non-hydrogen) atoms. The fourth-order valence-electron chi connectivity index (χ4n) is 4.36. The van der Waals surface area contributed by atoms with Gasteiger partial charge in [-0.2, -0.15) is 0 Å². The lowest BCUT2D eigenvalue weighted by Gasteiger charge is -2.33. The zero-order valence-corrected chi connectivity index (χ0v) is 18.6. The SMILES string of the molecule is Cc1ccccc1C(=O)NC1CCN(C(=O)c2ccccc2CCc2ccccc2)CC1. The Balaban J connectivity index is 1.34. The second-order valence-corrected chi connectivity index (χ2v) is 8.50. The Morgan fingerprint density at radius 3 is 2.16 bits per heavy atom. The maximum Gasteiger partial charge on any atom is 0.254 e. The number of benzene rings is 3. The van der Waals surface area contributed by atoms with Crippen molar-refractivity contribution in [2.45, 2.75) is 38.6 Å². The number of nitrogens with one attached hydrogen (secondary N) is 1. The van der Waals surface area contributed by atoms with Gasteiger partial charge in [-0.05, 0) is 61.4 Å². The highest BCUT2D eigenvalue weighted by atomic mass is 16.2. The number of aryl methyl sites for hydroxylation is 3. The van der Waals surface area contributed by atoms with Gasteiger partial charge in [-0.3, -0.25) is 9.59 Å². The molecule has 0 atom stereocenters. The third-order valence-electron chi connectivity index (χ3n) is 6.28. The van der Waals surface area contributed by atoms with E-state index in [0.29, 0.717) is 13.1 Å². The maximum absolute atomic E-state index is 13.3. The summed E-state index contributed by atoms with van der Waals surface area (Å²) in [6, 6.07) is 26.0. The first-order valence-corrected chi connectivity index (χ1v) is 11.4. The van der Waals surface area contributed by atoms with Gasteiger partial charge in [0.25, 0.3) is 11.8 Å². The third kappa shape index (κ3) is 5.25. The van der Waals surface area contributed by atoms with Crippen LogP contribution < -0.4 is 5.32 Å². The molecule has 0 unspecified atom stereocenters. The van der Waals surface area contributed by atoms with Gasteiger partial charge in [-0.1, -0.05) is 66.7 Å². The molecule has 0 aliphatic carbocycles. The van der Waals surface area contributed by atoms with Crippen molar-refractivity contribution in [3.8, 4) is 0 Å². The summed E-state index contributed by atoms with van der Waals surface area (Å²) in [6.07, 6.45) is 3.30. The van der Waals surface area contributed by atoms with E-state index < -0.39 is 0 Å². The average molecular weight is 427 g/mol. The first kappa shape index (κ1) is 21.8. The highest BCUT2D eigenvalue weighted by Gasteiger charge is 2.26.